The molecule has 1 fully saturated rings. The average Bonchev–Trinajstić information content (AvgIpc) is 2.28. The Kier molecular flexibility index (Phi) is 3.52. The highest BCUT2D eigenvalue weighted by Gasteiger charge is 2.20. The molecule has 1 atom stereocenters. The average molecular weight is 234 g/mol. The maximum absolute atomic E-state index is 5.81. The summed E-state index contributed by atoms with van der Waals surface area (Å²) < 4.78 is 5.74. The van der Waals surface area contributed by atoms with Gasteiger partial charge >= 0.3 is 0 Å². The van der Waals surface area contributed by atoms with E-state index in [1.54, 1.807) is 0 Å². The number of nitrogens with zero attached hydrogens (tertiary/aromatic N) is 1. The van der Waals surface area contributed by atoms with Crippen molar-refractivity contribution >= 4 is 0 Å². The molecule has 0 bridgehead atoms. The molecule has 17 heavy (non-hydrogen) atoms. The van der Waals surface area contributed by atoms with E-state index in [0.717, 1.165) is 13.1 Å². The quantitative estimate of drug-likeness (QED) is 0.757. The van der Waals surface area contributed by atoms with Crippen LogP contribution in [0.25, 0.3) is 0 Å². The molecule has 94 valence electrons. The van der Waals surface area contributed by atoms with Crippen LogP contribution in [0.1, 0.15) is 38.0 Å². The second-order valence-electron chi connectivity index (χ2n) is 5.73. The van der Waals surface area contributed by atoms with Gasteiger partial charge in [0.1, 0.15) is 0 Å². The molecule has 1 aliphatic heterocycles. The molecule has 2 N–H and O–H groups in total. The van der Waals surface area contributed by atoms with Crippen LogP contribution in [0.5, 0.6) is 0 Å². The van der Waals surface area contributed by atoms with Gasteiger partial charge in [-0.2, -0.15) is 0 Å². The molecular weight excluding hydrogens is 212 g/mol. The number of nitrogens with two attached hydrogens (primary N) is 1. The van der Waals surface area contributed by atoms with Crippen LogP contribution in [0.15, 0.2) is 24.3 Å². The third kappa shape index (κ3) is 3.06. The van der Waals surface area contributed by atoms with E-state index < -0.39 is 0 Å². The van der Waals surface area contributed by atoms with Gasteiger partial charge in [-0.3, -0.25) is 5.84 Å². The molecule has 3 heteroatoms. The Labute approximate surface area is 104 Å². The summed E-state index contributed by atoms with van der Waals surface area (Å²) >= 11 is 0. The SMILES string of the molecule is CC(C)(C)c1ccc(C2CN(N)CCO2)cc1. The molecule has 1 unspecified atom stereocenters. The molecule has 1 aromatic rings. The first-order chi connectivity index (χ1) is 7.97. The second kappa shape index (κ2) is 4.77. The molecule has 0 radical (unpaired) electrons. The topological polar surface area (TPSA) is 38.5 Å². The zero-order valence-corrected chi connectivity index (χ0v) is 10.9. The van der Waals surface area contributed by atoms with Crippen LogP contribution in [-0.4, -0.2) is 24.7 Å². The fraction of sp³-hybridized carbons (Fsp3) is 0.571. The summed E-state index contributed by atoms with van der Waals surface area (Å²) in [6, 6.07) is 8.69. The van der Waals surface area contributed by atoms with Crippen molar-refractivity contribution in [3.63, 3.8) is 0 Å². The van der Waals surface area contributed by atoms with E-state index in [-0.39, 0.29) is 11.5 Å². The molecule has 0 aromatic heterocycles. The van der Waals surface area contributed by atoms with E-state index in [0.29, 0.717) is 6.61 Å². The maximum atomic E-state index is 5.81. The smallest absolute Gasteiger partial charge is 0.0966 e. The number of hydrogen-bond donors (Lipinski definition) is 1. The van der Waals surface area contributed by atoms with Crippen LogP contribution in [0.2, 0.25) is 0 Å². The zero-order valence-electron chi connectivity index (χ0n) is 10.9. The minimum atomic E-state index is 0.114. The second-order valence-corrected chi connectivity index (χ2v) is 5.73. The van der Waals surface area contributed by atoms with Crippen molar-refractivity contribution in [1.82, 2.24) is 5.01 Å². The van der Waals surface area contributed by atoms with Gasteiger partial charge in [-0.15, -0.1) is 0 Å². The predicted octanol–water partition coefficient (Wildman–Crippen LogP) is 2.23. The lowest BCUT2D eigenvalue weighted by molar-refractivity contribution is -0.0304. The van der Waals surface area contributed by atoms with E-state index in [1.807, 2.05) is 5.01 Å². The number of rotatable bonds is 1. The van der Waals surface area contributed by atoms with Crippen molar-refractivity contribution < 1.29 is 4.74 Å². The molecule has 2 rings (SSSR count). The van der Waals surface area contributed by atoms with Crippen molar-refractivity contribution in [2.75, 3.05) is 19.7 Å². The highest BCUT2D eigenvalue weighted by atomic mass is 16.5. The predicted molar refractivity (Wildman–Crippen MR) is 69.6 cm³/mol. The Balaban J connectivity index is 2.12. The first-order valence-corrected chi connectivity index (χ1v) is 6.18. The normalized spacial score (nSPS) is 22.7. The highest BCUT2D eigenvalue weighted by molar-refractivity contribution is 5.29. The summed E-state index contributed by atoms with van der Waals surface area (Å²) in [4.78, 5) is 0. The summed E-state index contributed by atoms with van der Waals surface area (Å²) in [6.07, 6.45) is 0.114. The van der Waals surface area contributed by atoms with Gasteiger partial charge < -0.3 is 4.74 Å². The van der Waals surface area contributed by atoms with Gasteiger partial charge in [-0.05, 0) is 16.5 Å². The Morgan fingerprint density at radius 1 is 1.24 bits per heavy atom. The van der Waals surface area contributed by atoms with Gasteiger partial charge in [-0.25, -0.2) is 5.01 Å². The molecule has 1 aliphatic rings. The molecule has 0 saturated carbocycles. The number of morpholine rings is 1. The van der Waals surface area contributed by atoms with Crippen molar-refractivity contribution in [2.45, 2.75) is 32.3 Å². The Morgan fingerprint density at radius 2 is 1.88 bits per heavy atom. The van der Waals surface area contributed by atoms with Crippen molar-refractivity contribution in [2.24, 2.45) is 5.84 Å². The van der Waals surface area contributed by atoms with E-state index in [2.05, 4.69) is 45.0 Å². The molecule has 3 nitrogen and oxygen atoms in total. The Hall–Kier alpha value is -0.900. The van der Waals surface area contributed by atoms with Crippen LogP contribution in [-0.2, 0) is 10.2 Å². The minimum absolute atomic E-state index is 0.114. The third-order valence-corrected chi connectivity index (χ3v) is 3.25. The standard InChI is InChI=1S/C14H22N2O/c1-14(2,3)12-6-4-11(5-7-12)13-10-16(15)8-9-17-13/h4-7,13H,8-10,15H2,1-3H3. The first-order valence-electron chi connectivity index (χ1n) is 6.18. The molecule has 1 aromatic carbocycles. The number of hydrazine groups is 1. The van der Waals surface area contributed by atoms with Gasteiger partial charge in [0.05, 0.1) is 12.7 Å². The van der Waals surface area contributed by atoms with Crippen molar-refractivity contribution in [1.29, 1.82) is 0 Å². The van der Waals surface area contributed by atoms with Gasteiger partial charge in [0, 0.05) is 13.1 Å². The van der Waals surface area contributed by atoms with Crippen LogP contribution in [0.4, 0.5) is 0 Å². The zero-order chi connectivity index (χ0) is 12.5. The van der Waals surface area contributed by atoms with Crippen LogP contribution in [0.3, 0.4) is 0 Å². The van der Waals surface area contributed by atoms with E-state index >= 15 is 0 Å². The Bertz CT molecular complexity index is 367. The third-order valence-electron chi connectivity index (χ3n) is 3.25. The minimum Gasteiger partial charge on any atom is -0.371 e. The molecule has 0 spiro atoms. The highest BCUT2D eigenvalue weighted by Crippen LogP contribution is 2.26. The first kappa shape index (κ1) is 12.6. The molecule has 0 amide bonds. The lowest BCUT2D eigenvalue weighted by atomic mass is 9.86. The summed E-state index contributed by atoms with van der Waals surface area (Å²) in [6.45, 7) is 8.97. The van der Waals surface area contributed by atoms with Gasteiger partial charge in [-0.1, -0.05) is 45.0 Å². The van der Waals surface area contributed by atoms with Crippen molar-refractivity contribution in [3.05, 3.63) is 35.4 Å². The van der Waals surface area contributed by atoms with E-state index in [9.17, 15) is 0 Å². The fourth-order valence-electron chi connectivity index (χ4n) is 2.07. The number of ether oxygens (including phenoxy) is 1. The Morgan fingerprint density at radius 3 is 2.41 bits per heavy atom. The van der Waals surface area contributed by atoms with Gasteiger partial charge in [0.15, 0.2) is 0 Å². The number of benzene rings is 1. The van der Waals surface area contributed by atoms with Gasteiger partial charge in [0.25, 0.3) is 0 Å². The van der Waals surface area contributed by atoms with Gasteiger partial charge in [0.2, 0.25) is 0 Å². The summed E-state index contributed by atoms with van der Waals surface area (Å²) in [5.74, 6) is 5.81. The lowest BCUT2D eigenvalue weighted by Crippen LogP contribution is -2.42. The summed E-state index contributed by atoms with van der Waals surface area (Å²) in [7, 11) is 0. The van der Waals surface area contributed by atoms with Crippen LogP contribution < -0.4 is 5.84 Å². The monoisotopic (exact) mass is 234 g/mol. The van der Waals surface area contributed by atoms with Crippen molar-refractivity contribution in [3.8, 4) is 0 Å². The van der Waals surface area contributed by atoms with Crippen LogP contribution in [0, 0.1) is 0 Å². The molecule has 1 saturated heterocycles. The lowest BCUT2D eigenvalue weighted by Gasteiger charge is -2.30. The largest absolute Gasteiger partial charge is 0.371 e. The van der Waals surface area contributed by atoms with E-state index in [1.165, 1.54) is 11.1 Å². The maximum Gasteiger partial charge on any atom is 0.0966 e. The van der Waals surface area contributed by atoms with E-state index in [4.69, 9.17) is 10.6 Å². The molecular formula is C14H22N2O. The summed E-state index contributed by atoms with van der Waals surface area (Å²) in [5, 5.41) is 1.83. The summed E-state index contributed by atoms with van der Waals surface area (Å²) in [5.41, 5.74) is 2.76. The fourth-order valence-corrected chi connectivity index (χ4v) is 2.07. The van der Waals surface area contributed by atoms with Crippen LogP contribution >= 0.6 is 0 Å². The molecule has 0 aliphatic carbocycles. The molecule has 1 heterocycles. The number of hydrogen-bond acceptors (Lipinski definition) is 3.